The van der Waals surface area contributed by atoms with Gasteiger partial charge in [0.05, 0.1) is 12.6 Å². The monoisotopic (exact) mass is 517 g/mol. The summed E-state index contributed by atoms with van der Waals surface area (Å²) in [5.41, 5.74) is 17.4. The molecule has 11 N–H and O–H groups in total. The maximum atomic E-state index is 12.6. The van der Waals surface area contributed by atoms with E-state index in [1.54, 1.807) is 6.20 Å². The van der Waals surface area contributed by atoms with E-state index in [-0.39, 0.29) is 32.1 Å². The van der Waals surface area contributed by atoms with Gasteiger partial charge in [0.25, 0.3) is 0 Å². The van der Waals surface area contributed by atoms with Crippen LogP contribution in [0.4, 0.5) is 0 Å². The van der Waals surface area contributed by atoms with Gasteiger partial charge >= 0.3 is 5.97 Å². The van der Waals surface area contributed by atoms with Crippen molar-refractivity contribution in [3.8, 4) is 0 Å². The molecule has 3 unspecified atom stereocenters. The highest BCUT2D eigenvalue weighted by atomic mass is 16.4. The Morgan fingerprint density at radius 1 is 0.892 bits per heavy atom. The summed E-state index contributed by atoms with van der Waals surface area (Å²) in [5, 5.41) is 17.4. The summed E-state index contributed by atoms with van der Waals surface area (Å²) < 4.78 is 0. The Labute approximate surface area is 211 Å². The molecule has 1 aromatic heterocycles. The van der Waals surface area contributed by atoms with Crippen molar-refractivity contribution in [1.29, 1.82) is 0 Å². The third-order valence-electron chi connectivity index (χ3n) is 5.51. The largest absolute Gasteiger partial charge is 0.480 e. The smallest absolute Gasteiger partial charge is 0.326 e. The molecule has 0 spiro atoms. The van der Waals surface area contributed by atoms with Crippen LogP contribution in [0, 0.1) is 0 Å². The van der Waals surface area contributed by atoms with Crippen molar-refractivity contribution in [2.45, 2.75) is 50.2 Å². The molecule has 0 radical (unpaired) electrons. The minimum absolute atomic E-state index is 0.000478. The first-order valence-electron chi connectivity index (χ1n) is 11.4. The molecule has 1 aromatic carbocycles. The lowest BCUT2D eigenvalue weighted by molar-refractivity contribution is -0.141. The van der Waals surface area contributed by atoms with E-state index >= 15 is 0 Å². The summed E-state index contributed by atoms with van der Waals surface area (Å²) in [7, 11) is 0. The van der Waals surface area contributed by atoms with Crippen LogP contribution in [0.15, 0.2) is 30.5 Å². The first-order chi connectivity index (χ1) is 17.5. The molecule has 0 saturated carbocycles. The van der Waals surface area contributed by atoms with Gasteiger partial charge in [-0.3, -0.25) is 24.0 Å². The zero-order valence-electron chi connectivity index (χ0n) is 20.0. The van der Waals surface area contributed by atoms with Crippen molar-refractivity contribution >= 4 is 46.4 Å². The second-order valence-corrected chi connectivity index (χ2v) is 8.42. The van der Waals surface area contributed by atoms with Crippen LogP contribution in [0.5, 0.6) is 0 Å². The minimum atomic E-state index is -1.27. The zero-order chi connectivity index (χ0) is 27.5. The highest BCUT2D eigenvalue weighted by molar-refractivity contribution is 5.93. The molecule has 0 aliphatic heterocycles. The Morgan fingerprint density at radius 3 is 2.19 bits per heavy atom. The first-order valence-corrected chi connectivity index (χ1v) is 11.4. The SMILES string of the molecule is NC(=O)CCC(N)C(=O)NC(CCC(N)=O)C(=O)NCC(=O)NC(Cc1c[nH]c2ccccc12)C(=O)O. The highest BCUT2D eigenvalue weighted by Crippen LogP contribution is 2.19. The second kappa shape index (κ2) is 13.6. The van der Waals surface area contributed by atoms with Gasteiger partial charge in [0, 0.05) is 36.4 Å². The lowest BCUT2D eigenvalue weighted by Gasteiger charge is -2.20. The molecule has 0 fully saturated rings. The fourth-order valence-corrected chi connectivity index (χ4v) is 3.52. The molecule has 14 heteroatoms. The first kappa shape index (κ1) is 28.8. The molecule has 0 saturated heterocycles. The number of benzene rings is 1. The van der Waals surface area contributed by atoms with E-state index in [4.69, 9.17) is 17.2 Å². The average molecular weight is 518 g/mol. The van der Waals surface area contributed by atoms with Crippen molar-refractivity contribution < 1.29 is 33.9 Å². The third-order valence-corrected chi connectivity index (χ3v) is 5.51. The number of aliphatic carboxylic acids is 1. The number of H-pyrrole nitrogens is 1. The average Bonchev–Trinajstić information content (AvgIpc) is 3.25. The van der Waals surface area contributed by atoms with Gasteiger partial charge < -0.3 is 43.2 Å². The zero-order valence-corrected chi connectivity index (χ0v) is 20.0. The van der Waals surface area contributed by atoms with Crippen LogP contribution in [0.25, 0.3) is 10.9 Å². The molecule has 200 valence electrons. The number of carboxylic acid groups (broad SMARTS) is 1. The maximum absolute atomic E-state index is 12.6. The number of primary amides is 2. The Kier molecular flexibility index (Phi) is 10.6. The number of nitrogens with one attached hydrogen (secondary N) is 4. The summed E-state index contributed by atoms with van der Waals surface area (Å²) in [4.78, 5) is 74.1. The quantitative estimate of drug-likeness (QED) is 0.128. The Hall–Kier alpha value is -4.46. The predicted molar refractivity (Wildman–Crippen MR) is 131 cm³/mol. The van der Waals surface area contributed by atoms with E-state index in [9.17, 15) is 33.9 Å². The minimum Gasteiger partial charge on any atom is -0.480 e. The fraction of sp³-hybridized carbons (Fsp3) is 0.391. The Morgan fingerprint density at radius 2 is 1.54 bits per heavy atom. The normalized spacial score (nSPS) is 13.2. The van der Waals surface area contributed by atoms with Crippen LogP contribution in [0.1, 0.15) is 31.2 Å². The number of carbonyl (C=O) groups is 6. The number of amides is 5. The van der Waals surface area contributed by atoms with Gasteiger partial charge in [0.2, 0.25) is 29.5 Å². The van der Waals surface area contributed by atoms with Gasteiger partial charge in [-0.2, -0.15) is 0 Å². The number of fused-ring (bicyclic) bond motifs is 1. The standard InChI is InChI=1S/C23H31N7O7/c24-14(5-7-18(25)31)21(34)30-16(6-8-19(26)32)22(35)28-11-20(33)29-17(23(36)37)9-12-10-27-15-4-2-1-3-13(12)15/h1-4,10,14,16-17,27H,5-9,11,24H2,(H2,25,31)(H2,26,32)(H,28,35)(H,29,33)(H,30,34)(H,36,37). The van der Waals surface area contributed by atoms with Gasteiger partial charge in [0.1, 0.15) is 12.1 Å². The molecule has 1 heterocycles. The molecular weight excluding hydrogens is 486 g/mol. The van der Waals surface area contributed by atoms with Crippen molar-refractivity contribution in [2.75, 3.05) is 6.54 Å². The van der Waals surface area contributed by atoms with E-state index in [0.717, 1.165) is 10.9 Å². The number of hydrogen-bond donors (Lipinski definition) is 8. The molecule has 5 amide bonds. The molecule has 0 bridgehead atoms. The van der Waals surface area contributed by atoms with Gasteiger partial charge in [-0.1, -0.05) is 18.2 Å². The summed E-state index contributed by atoms with van der Waals surface area (Å²) in [6.45, 7) is -0.590. The van der Waals surface area contributed by atoms with Crippen LogP contribution in [-0.2, 0) is 35.2 Å². The van der Waals surface area contributed by atoms with Crippen molar-refractivity contribution in [2.24, 2.45) is 17.2 Å². The molecule has 3 atom stereocenters. The van der Waals surface area contributed by atoms with Crippen LogP contribution >= 0.6 is 0 Å². The van der Waals surface area contributed by atoms with E-state index in [1.807, 2.05) is 24.3 Å². The van der Waals surface area contributed by atoms with Gasteiger partial charge in [-0.15, -0.1) is 0 Å². The maximum Gasteiger partial charge on any atom is 0.326 e. The van der Waals surface area contributed by atoms with E-state index in [1.165, 1.54) is 0 Å². The molecule has 0 aliphatic carbocycles. The van der Waals surface area contributed by atoms with E-state index in [0.29, 0.717) is 5.56 Å². The van der Waals surface area contributed by atoms with Crippen LogP contribution in [-0.4, -0.2) is 70.3 Å². The van der Waals surface area contributed by atoms with Gasteiger partial charge in [-0.05, 0) is 24.5 Å². The van der Waals surface area contributed by atoms with Crippen molar-refractivity contribution in [3.63, 3.8) is 0 Å². The number of carboxylic acids is 1. The number of carbonyl (C=O) groups excluding carboxylic acids is 5. The highest BCUT2D eigenvalue weighted by Gasteiger charge is 2.26. The van der Waals surface area contributed by atoms with Gasteiger partial charge in [-0.25, -0.2) is 4.79 Å². The molecule has 2 aromatic rings. The summed E-state index contributed by atoms with van der Waals surface area (Å²) in [6.07, 6.45) is 1.05. The molecule has 37 heavy (non-hydrogen) atoms. The Bertz CT molecular complexity index is 1160. The molecule has 0 aliphatic rings. The number of aromatic amines is 1. The topological polar surface area (TPSA) is 253 Å². The fourth-order valence-electron chi connectivity index (χ4n) is 3.52. The molecular formula is C23H31N7O7. The number of aromatic nitrogens is 1. The second-order valence-electron chi connectivity index (χ2n) is 8.42. The molecule has 14 nitrogen and oxygen atoms in total. The van der Waals surface area contributed by atoms with Gasteiger partial charge in [0.15, 0.2) is 0 Å². The number of hydrogen-bond acceptors (Lipinski definition) is 7. The summed E-state index contributed by atoms with van der Waals surface area (Å²) >= 11 is 0. The third kappa shape index (κ3) is 9.25. The predicted octanol–water partition coefficient (Wildman–Crippen LogP) is -2.26. The summed E-state index contributed by atoms with van der Waals surface area (Å²) in [6, 6.07) is 3.63. The lowest BCUT2D eigenvalue weighted by atomic mass is 10.0. The number of para-hydroxylation sites is 1. The summed E-state index contributed by atoms with van der Waals surface area (Å²) in [5.74, 6) is -4.98. The number of nitrogens with two attached hydrogens (primary N) is 3. The van der Waals surface area contributed by atoms with Crippen LogP contribution in [0.3, 0.4) is 0 Å². The van der Waals surface area contributed by atoms with Crippen LogP contribution in [0.2, 0.25) is 0 Å². The van der Waals surface area contributed by atoms with Crippen molar-refractivity contribution in [1.82, 2.24) is 20.9 Å². The van der Waals surface area contributed by atoms with Crippen LogP contribution < -0.4 is 33.2 Å². The Balaban J connectivity index is 1.96. The number of rotatable bonds is 15. The van der Waals surface area contributed by atoms with E-state index < -0.39 is 60.2 Å². The lowest BCUT2D eigenvalue weighted by Crippen LogP contribution is -2.53. The van der Waals surface area contributed by atoms with Crippen molar-refractivity contribution in [3.05, 3.63) is 36.0 Å². The van der Waals surface area contributed by atoms with E-state index in [2.05, 4.69) is 20.9 Å². The molecule has 2 rings (SSSR count).